The van der Waals surface area contributed by atoms with E-state index < -0.39 is 6.04 Å². The largest absolute Gasteiger partial charge is 0.411 e. The fourth-order valence-electron chi connectivity index (χ4n) is 3.61. The molecule has 1 aromatic carbocycles. The van der Waals surface area contributed by atoms with Crippen molar-refractivity contribution in [3.8, 4) is 5.69 Å². The Balaban J connectivity index is 1.97. The van der Waals surface area contributed by atoms with E-state index >= 15 is 0 Å². The minimum atomic E-state index is -0.612. The molecule has 1 saturated heterocycles. The zero-order valence-electron chi connectivity index (χ0n) is 12.5. The average molecular weight is 311 g/mol. The molecule has 7 heteroatoms. The number of para-hydroxylation sites is 1. The molecule has 23 heavy (non-hydrogen) atoms. The second kappa shape index (κ2) is 5.20. The first-order valence-corrected chi connectivity index (χ1v) is 7.63. The lowest BCUT2D eigenvalue weighted by Crippen LogP contribution is -2.30. The van der Waals surface area contributed by atoms with E-state index in [0.29, 0.717) is 11.3 Å². The van der Waals surface area contributed by atoms with Crippen molar-refractivity contribution in [2.75, 3.05) is 6.54 Å². The Morgan fingerprint density at radius 3 is 3.09 bits per heavy atom. The molecule has 2 aliphatic rings. The molecule has 1 amide bonds. The number of nitrogens with zero attached hydrogens (tertiary/aromatic N) is 4. The number of nitrogens with two attached hydrogens (primary N) is 1. The summed E-state index contributed by atoms with van der Waals surface area (Å²) in [5.41, 5.74) is 9.11. The van der Waals surface area contributed by atoms with Gasteiger partial charge in [-0.05, 0) is 25.0 Å². The summed E-state index contributed by atoms with van der Waals surface area (Å²) in [6.45, 7) is 0.728. The third kappa shape index (κ3) is 1.97. The van der Waals surface area contributed by atoms with Crippen molar-refractivity contribution in [3.63, 3.8) is 0 Å². The van der Waals surface area contributed by atoms with Gasteiger partial charge in [0, 0.05) is 6.54 Å². The molecule has 1 unspecified atom stereocenters. The smallest absolute Gasteiger partial charge is 0.256 e. The SMILES string of the molecule is NC(/C=N\O)c1ncn2c1[C@@H]1CCCN1C(=O)c1ccccc1-2. The van der Waals surface area contributed by atoms with Gasteiger partial charge in [0.05, 0.1) is 47.3 Å². The number of oxime groups is 1. The quantitative estimate of drug-likeness (QED) is 0.500. The van der Waals surface area contributed by atoms with E-state index in [2.05, 4.69) is 10.1 Å². The van der Waals surface area contributed by atoms with Crippen molar-refractivity contribution in [2.45, 2.75) is 24.9 Å². The minimum absolute atomic E-state index is 0.0437. The second-order valence-electron chi connectivity index (χ2n) is 5.85. The van der Waals surface area contributed by atoms with Crippen LogP contribution < -0.4 is 5.73 Å². The number of rotatable bonds is 2. The van der Waals surface area contributed by atoms with Crippen molar-refractivity contribution in [3.05, 3.63) is 47.5 Å². The summed E-state index contributed by atoms with van der Waals surface area (Å²) in [4.78, 5) is 19.2. The van der Waals surface area contributed by atoms with Crippen LogP contribution in [-0.4, -0.2) is 38.3 Å². The summed E-state index contributed by atoms with van der Waals surface area (Å²) >= 11 is 0. The Kier molecular flexibility index (Phi) is 3.16. The van der Waals surface area contributed by atoms with Gasteiger partial charge >= 0.3 is 0 Å². The summed E-state index contributed by atoms with van der Waals surface area (Å²) in [6, 6.07) is 6.87. The van der Waals surface area contributed by atoms with Gasteiger partial charge in [-0.2, -0.15) is 0 Å². The highest BCUT2D eigenvalue weighted by Crippen LogP contribution is 2.40. The number of aromatic nitrogens is 2. The molecular weight excluding hydrogens is 294 g/mol. The zero-order chi connectivity index (χ0) is 16.0. The van der Waals surface area contributed by atoms with Gasteiger partial charge in [0.1, 0.15) is 0 Å². The van der Waals surface area contributed by atoms with E-state index in [-0.39, 0.29) is 11.9 Å². The van der Waals surface area contributed by atoms with E-state index in [4.69, 9.17) is 10.9 Å². The van der Waals surface area contributed by atoms with Crippen molar-refractivity contribution < 1.29 is 10.0 Å². The van der Waals surface area contributed by atoms with E-state index in [1.165, 1.54) is 6.21 Å². The maximum atomic E-state index is 12.9. The molecule has 7 nitrogen and oxygen atoms in total. The normalized spacial score (nSPS) is 21.0. The van der Waals surface area contributed by atoms with Crippen LogP contribution in [-0.2, 0) is 0 Å². The van der Waals surface area contributed by atoms with Gasteiger partial charge < -0.3 is 15.8 Å². The van der Waals surface area contributed by atoms with Crippen LogP contribution in [0.1, 0.15) is 46.7 Å². The monoisotopic (exact) mass is 311 g/mol. The van der Waals surface area contributed by atoms with Crippen molar-refractivity contribution >= 4 is 12.1 Å². The molecule has 0 radical (unpaired) electrons. The van der Waals surface area contributed by atoms with E-state index in [0.717, 1.165) is 30.8 Å². The highest BCUT2D eigenvalue weighted by atomic mass is 16.4. The maximum absolute atomic E-state index is 12.9. The summed E-state index contributed by atoms with van der Waals surface area (Å²) in [6.07, 6.45) is 4.78. The van der Waals surface area contributed by atoms with Gasteiger partial charge in [-0.3, -0.25) is 9.36 Å². The van der Waals surface area contributed by atoms with Crippen LogP contribution in [0.25, 0.3) is 5.69 Å². The molecule has 4 rings (SSSR count). The molecular formula is C16H17N5O2. The van der Waals surface area contributed by atoms with Crippen molar-refractivity contribution in [1.29, 1.82) is 0 Å². The Morgan fingerprint density at radius 2 is 2.26 bits per heavy atom. The Bertz CT molecular complexity index is 798. The van der Waals surface area contributed by atoms with Crippen LogP contribution in [0.4, 0.5) is 0 Å². The first-order chi connectivity index (χ1) is 11.2. The number of fused-ring (bicyclic) bond motifs is 5. The maximum Gasteiger partial charge on any atom is 0.256 e. The summed E-state index contributed by atoms with van der Waals surface area (Å²) < 4.78 is 1.95. The number of carbonyl (C=O) groups is 1. The fourth-order valence-corrected chi connectivity index (χ4v) is 3.61. The van der Waals surface area contributed by atoms with E-state index in [1.54, 1.807) is 6.33 Å². The Labute approximate surface area is 133 Å². The topological polar surface area (TPSA) is 96.7 Å². The third-order valence-corrected chi connectivity index (χ3v) is 4.60. The van der Waals surface area contributed by atoms with Crippen LogP contribution in [0.5, 0.6) is 0 Å². The van der Waals surface area contributed by atoms with Gasteiger partial charge in [-0.1, -0.05) is 12.1 Å². The molecule has 2 aliphatic heterocycles. The van der Waals surface area contributed by atoms with Gasteiger partial charge in [-0.25, -0.2) is 4.98 Å². The van der Waals surface area contributed by atoms with Crippen LogP contribution in [0, 0.1) is 0 Å². The molecule has 1 fully saturated rings. The van der Waals surface area contributed by atoms with Gasteiger partial charge in [0.2, 0.25) is 0 Å². The molecule has 1 aromatic heterocycles. The molecule has 118 valence electrons. The number of imidazole rings is 1. The summed E-state index contributed by atoms with van der Waals surface area (Å²) in [5, 5.41) is 11.8. The zero-order valence-corrected chi connectivity index (χ0v) is 12.5. The Morgan fingerprint density at radius 1 is 1.43 bits per heavy atom. The van der Waals surface area contributed by atoms with E-state index in [9.17, 15) is 4.79 Å². The standard InChI is InChI=1S/C16H17N5O2/c17-11(8-19-23)14-15-13-6-3-7-20(13)16(22)10-4-1-2-5-12(10)21(15)9-18-14/h1-2,4-5,8-9,11,13,23H,3,6-7,17H2/b19-8-/t11?,13-/m0/s1. The first-order valence-electron chi connectivity index (χ1n) is 7.63. The number of amides is 1. The van der Waals surface area contributed by atoms with Crippen LogP contribution >= 0.6 is 0 Å². The van der Waals surface area contributed by atoms with Crippen LogP contribution in [0.15, 0.2) is 35.7 Å². The molecule has 0 saturated carbocycles. The lowest BCUT2D eigenvalue weighted by atomic mass is 10.1. The molecule has 0 spiro atoms. The average Bonchev–Trinajstić information content (AvgIpc) is 3.19. The fraction of sp³-hybridized carbons (Fsp3) is 0.312. The second-order valence-corrected chi connectivity index (χ2v) is 5.85. The van der Waals surface area contributed by atoms with Gasteiger partial charge in [0.15, 0.2) is 0 Å². The minimum Gasteiger partial charge on any atom is -0.411 e. The first kappa shape index (κ1) is 14.0. The lowest BCUT2D eigenvalue weighted by Gasteiger charge is -2.23. The third-order valence-electron chi connectivity index (χ3n) is 4.60. The van der Waals surface area contributed by atoms with Crippen LogP contribution in [0.2, 0.25) is 0 Å². The highest BCUT2D eigenvalue weighted by Gasteiger charge is 2.39. The van der Waals surface area contributed by atoms with Gasteiger partial charge in [0.25, 0.3) is 5.91 Å². The van der Waals surface area contributed by atoms with Gasteiger partial charge in [-0.15, -0.1) is 5.16 Å². The number of benzene rings is 1. The molecule has 3 N–H and O–H groups in total. The Hall–Kier alpha value is -2.67. The molecule has 2 aromatic rings. The van der Waals surface area contributed by atoms with Crippen LogP contribution in [0.3, 0.4) is 0 Å². The van der Waals surface area contributed by atoms with Crippen molar-refractivity contribution in [2.24, 2.45) is 10.9 Å². The van der Waals surface area contributed by atoms with Crippen molar-refractivity contribution in [1.82, 2.24) is 14.5 Å². The molecule has 2 atom stereocenters. The summed E-state index contributed by atoms with van der Waals surface area (Å²) in [7, 11) is 0. The number of hydrogen-bond donors (Lipinski definition) is 2. The van der Waals surface area contributed by atoms with E-state index in [1.807, 2.05) is 33.7 Å². The lowest BCUT2D eigenvalue weighted by molar-refractivity contribution is 0.0738. The summed E-state index contributed by atoms with van der Waals surface area (Å²) in [5.74, 6) is 0.0437. The molecule has 0 aliphatic carbocycles. The number of hydrogen-bond acceptors (Lipinski definition) is 5. The molecule has 3 heterocycles. The number of carbonyl (C=O) groups excluding carboxylic acids is 1. The molecule has 0 bridgehead atoms. The highest BCUT2D eigenvalue weighted by molar-refractivity contribution is 5.99. The predicted molar refractivity (Wildman–Crippen MR) is 83.8 cm³/mol. The predicted octanol–water partition coefficient (Wildman–Crippen LogP) is 1.62.